The number of carbonyl (C=O) groups excluding carboxylic acids is 2. The number of anilines is 1. The van der Waals surface area contributed by atoms with Gasteiger partial charge in [-0.15, -0.1) is 0 Å². The summed E-state index contributed by atoms with van der Waals surface area (Å²) in [6, 6.07) is 5.57. The Balaban J connectivity index is 1.74. The summed E-state index contributed by atoms with van der Waals surface area (Å²) in [4.78, 5) is 25.6. The molecule has 22 heavy (non-hydrogen) atoms. The minimum atomic E-state index is -0.0635. The van der Waals surface area contributed by atoms with Crippen LogP contribution in [0.2, 0.25) is 0 Å². The summed E-state index contributed by atoms with van der Waals surface area (Å²) in [6.07, 6.45) is 1.94. The van der Waals surface area contributed by atoms with E-state index in [9.17, 15) is 9.59 Å². The van der Waals surface area contributed by atoms with Gasteiger partial charge < -0.3 is 19.7 Å². The second-order valence-corrected chi connectivity index (χ2v) is 5.68. The van der Waals surface area contributed by atoms with Crippen LogP contribution in [-0.2, 0) is 20.9 Å². The number of ether oxygens (including phenoxy) is 2. The van der Waals surface area contributed by atoms with Crippen molar-refractivity contribution in [2.75, 3.05) is 32.2 Å². The van der Waals surface area contributed by atoms with Crippen LogP contribution in [0, 0.1) is 5.92 Å². The average molecular weight is 304 g/mol. The third kappa shape index (κ3) is 3.39. The molecular weight excluding hydrogens is 284 g/mol. The summed E-state index contributed by atoms with van der Waals surface area (Å²) in [5.41, 5.74) is 1.65. The molecule has 0 saturated heterocycles. The first-order chi connectivity index (χ1) is 10.7. The van der Waals surface area contributed by atoms with E-state index in [-0.39, 0.29) is 24.3 Å². The largest absolute Gasteiger partial charge is 0.491 e. The Kier molecular flexibility index (Phi) is 4.29. The van der Waals surface area contributed by atoms with E-state index >= 15 is 0 Å². The van der Waals surface area contributed by atoms with Crippen molar-refractivity contribution in [1.29, 1.82) is 0 Å². The van der Waals surface area contributed by atoms with Crippen LogP contribution in [0.15, 0.2) is 18.2 Å². The Morgan fingerprint density at radius 2 is 2.23 bits per heavy atom. The lowest BCUT2D eigenvalue weighted by Crippen LogP contribution is -2.34. The van der Waals surface area contributed by atoms with Crippen LogP contribution in [-0.4, -0.2) is 43.6 Å². The summed E-state index contributed by atoms with van der Waals surface area (Å²) in [6.45, 7) is 1.51. The minimum absolute atomic E-state index is 0.0629. The number of hydrogen-bond acceptors (Lipinski definition) is 4. The number of hydrogen-bond donors (Lipinski definition) is 1. The van der Waals surface area contributed by atoms with Gasteiger partial charge in [-0.1, -0.05) is 0 Å². The van der Waals surface area contributed by atoms with Crippen molar-refractivity contribution in [3.8, 4) is 5.75 Å². The molecule has 118 valence electrons. The van der Waals surface area contributed by atoms with E-state index in [1.165, 1.54) is 7.11 Å². The second-order valence-electron chi connectivity index (χ2n) is 5.68. The zero-order valence-electron chi connectivity index (χ0n) is 12.6. The zero-order valence-corrected chi connectivity index (χ0v) is 12.6. The van der Waals surface area contributed by atoms with Gasteiger partial charge in [0.25, 0.3) is 0 Å². The molecule has 6 nitrogen and oxygen atoms in total. The van der Waals surface area contributed by atoms with Crippen LogP contribution < -0.4 is 10.1 Å². The molecule has 0 bridgehead atoms. The third-order valence-electron chi connectivity index (χ3n) is 3.88. The second kappa shape index (κ2) is 6.36. The van der Waals surface area contributed by atoms with Crippen LogP contribution in [0.3, 0.4) is 0 Å². The number of nitrogens with zero attached hydrogens (tertiary/aromatic N) is 1. The predicted octanol–water partition coefficient (Wildman–Crippen LogP) is 1.40. The lowest BCUT2D eigenvalue weighted by Gasteiger charge is -2.19. The highest BCUT2D eigenvalue weighted by molar-refractivity contribution is 5.94. The fraction of sp³-hybridized carbons (Fsp3) is 0.500. The first-order valence-corrected chi connectivity index (χ1v) is 7.50. The van der Waals surface area contributed by atoms with Gasteiger partial charge in [0.1, 0.15) is 19.0 Å². The van der Waals surface area contributed by atoms with Crippen LogP contribution in [0.5, 0.6) is 5.75 Å². The maximum absolute atomic E-state index is 12.0. The molecular formula is C16H20N2O4. The molecule has 3 rings (SSSR count). The number of benzene rings is 1. The minimum Gasteiger partial charge on any atom is -0.491 e. The van der Waals surface area contributed by atoms with Crippen molar-refractivity contribution < 1.29 is 19.1 Å². The molecule has 1 aromatic rings. The van der Waals surface area contributed by atoms with E-state index in [1.807, 2.05) is 18.2 Å². The van der Waals surface area contributed by atoms with Crippen LogP contribution >= 0.6 is 0 Å². The number of methoxy groups -OCH3 is 1. The Morgan fingerprint density at radius 3 is 2.95 bits per heavy atom. The predicted molar refractivity (Wildman–Crippen MR) is 80.6 cm³/mol. The van der Waals surface area contributed by atoms with Gasteiger partial charge in [0.2, 0.25) is 11.8 Å². The van der Waals surface area contributed by atoms with E-state index < -0.39 is 0 Å². The van der Waals surface area contributed by atoms with Crippen LogP contribution in [0.1, 0.15) is 18.4 Å². The zero-order chi connectivity index (χ0) is 15.5. The van der Waals surface area contributed by atoms with Gasteiger partial charge in [-0.3, -0.25) is 9.59 Å². The first-order valence-electron chi connectivity index (χ1n) is 7.50. The highest BCUT2D eigenvalue weighted by atomic mass is 16.5. The molecule has 0 atom stereocenters. The highest BCUT2D eigenvalue weighted by Gasteiger charge is 2.29. The highest BCUT2D eigenvalue weighted by Crippen LogP contribution is 2.31. The maximum Gasteiger partial charge on any atom is 0.248 e. The van der Waals surface area contributed by atoms with E-state index in [4.69, 9.17) is 9.47 Å². The topological polar surface area (TPSA) is 67.9 Å². The van der Waals surface area contributed by atoms with Gasteiger partial charge in [0.15, 0.2) is 0 Å². The molecule has 0 radical (unpaired) electrons. The summed E-state index contributed by atoms with van der Waals surface area (Å²) in [5.74, 6) is 0.931. The van der Waals surface area contributed by atoms with Crippen molar-refractivity contribution in [1.82, 2.24) is 4.90 Å². The SMILES string of the molecule is COCC(=O)N1CCOc2ccc(NC(=O)C3CC3)cc2C1. The molecule has 1 N–H and O–H groups in total. The van der Waals surface area contributed by atoms with Gasteiger partial charge in [0.05, 0.1) is 6.54 Å². The summed E-state index contributed by atoms with van der Waals surface area (Å²) >= 11 is 0. The van der Waals surface area contributed by atoms with E-state index in [2.05, 4.69) is 5.32 Å². The monoisotopic (exact) mass is 304 g/mol. The Morgan fingerprint density at radius 1 is 1.41 bits per heavy atom. The molecule has 2 aliphatic rings. The molecule has 1 aliphatic carbocycles. The maximum atomic E-state index is 12.0. The van der Waals surface area contributed by atoms with Gasteiger partial charge in [-0.05, 0) is 31.0 Å². The lowest BCUT2D eigenvalue weighted by atomic mass is 10.1. The van der Waals surface area contributed by atoms with E-state index in [0.29, 0.717) is 19.7 Å². The molecule has 6 heteroatoms. The summed E-state index contributed by atoms with van der Waals surface area (Å²) in [5, 5.41) is 2.92. The standard InChI is InChI=1S/C16H20N2O4/c1-21-10-15(19)18-6-7-22-14-5-4-13(8-12(14)9-18)17-16(20)11-2-3-11/h4-5,8,11H,2-3,6-7,9-10H2,1H3,(H,17,20). The molecule has 0 unspecified atom stereocenters. The van der Waals surface area contributed by atoms with Gasteiger partial charge in [-0.2, -0.15) is 0 Å². The average Bonchev–Trinajstić information content (AvgIpc) is 3.33. The summed E-state index contributed by atoms with van der Waals surface area (Å²) < 4.78 is 10.6. The van der Waals surface area contributed by atoms with Crippen molar-refractivity contribution >= 4 is 17.5 Å². The molecule has 1 saturated carbocycles. The Bertz CT molecular complexity index is 584. The first kappa shape index (κ1) is 14.8. The van der Waals surface area contributed by atoms with E-state index in [0.717, 1.165) is 29.8 Å². The molecule has 2 amide bonds. The number of amides is 2. The molecule has 0 aromatic heterocycles. The Hall–Kier alpha value is -2.08. The fourth-order valence-corrected chi connectivity index (χ4v) is 2.49. The number of fused-ring (bicyclic) bond motifs is 1. The fourth-order valence-electron chi connectivity index (χ4n) is 2.49. The normalized spacial score (nSPS) is 17.2. The number of rotatable bonds is 4. The van der Waals surface area contributed by atoms with E-state index in [1.54, 1.807) is 4.90 Å². The number of nitrogens with one attached hydrogen (secondary N) is 1. The van der Waals surface area contributed by atoms with Crippen molar-refractivity contribution in [3.05, 3.63) is 23.8 Å². The lowest BCUT2D eigenvalue weighted by molar-refractivity contribution is -0.135. The van der Waals surface area contributed by atoms with Crippen LogP contribution in [0.4, 0.5) is 5.69 Å². The van der Waals surface area contributed by atoms with Gasteiger partial charge >= 0.3 is 0 Å². The smallest absolute Gasteiger partial charge is 0.248 e. The van der Waals surface area contributed by atoms with Crippen molar-refractivity contribution in [2.45, 2.75) is 19.4 Å². The van der Waals surface area contributed by atoms with Crippen LogP contribution in [0.25, 0.3) is 0 Å². The third-order valence-corrected chi connectivity index (χ3v) is 3.88. The molecule has 1 heterocycles. The Labute approximate surface area is 129 Å². The molecule has 1 fully saturated rings. The van der Waals surface area contributed by atoms with Crippen molar-refractivity contribution in [3.63, 3.8) is 0 Å². The van der Waals surface area contributed by atoms with Gasteiger partial charge in [-0.25, -0.2) is 0 Å². The van der Waals surface area contributed by atoms with Gasteiger partial charge in [0, 0.05) is 30.8 Å². The van der Waals surface area contributed by atoms with Crippen molar-refractivity contribution in [2.24, 2.45) is 5.92 Å². The summed E-state index contributed by atoms with van der Waals surface area (Å²) in [7, 11) is 1.51. The molecule has 0 spiro atoms. The molecule has 1 aliphatic heterocycles. The molecule has 1 aromatic carbocycles. The number of carbonyl (C=O) groups is 2. The quantitative estimate of drug-likeness (QED) is 0.913.